The first kappa shape index (κ1) is 15.2. The van der Waals surface area contributed by atoms with Gasteiger partial charge in [-0.15, -0.1) is 0 Å². The Morgan fingerprint density at radius 3 is 2.52 bits per heavy atom. The number of nitrogens with zero attached hydrogens (tertiary/aromatic N) is 1. The van der Waals surface area contributed by atoms with Crippen LogP contribution in [0.2, 0.25) is 0 Å². The van der Waals surface area contributed by atoms with Gasteiger partial charge in [-0.25, -0.2) is 4.79 Å². The topological polar surface area (TPSA) is 42.2 Å². The van der Waals surface area contributed by atoms with Crippen molar-refractivity contribution in [3.63, 3.8) is 0 Å². The maximum atomic E-state index is 12.8. The summed E-state index contributed by atoms with van der Waals surface area (Å²) < 4.78 is 39.8. The quantitative estimate of drug-likeness (QED) is 0.915. The van der Waals surface area contributed by atoms with E-state index < -0.39 is 17.7 Å². The van der Waals surface area contributed by atoms with Crippen molar-refractivity contribution in [2.75, 3.05) is 0 Å². The third-order valence-electron chi connectivity index (χ3n) is 3.13. The average molecular weight is 297 g/mol. The van der Waals surface area contributed by atoms with Crippen molar-refractivity contribution in [3.8, 4) is 11.3 Å². The van der Waals surface area contributed by atoms with Crippen LogP contribution in [-0.2, 0) is 12.7 Å². The monoisotopic (exact) mass is 297 g/mol. The third kappa shape index (κ3) is 3.09. The second-order valence-corrected chi connectivity index (χ2v) is 4.64. The molecular weight excluding hydrogens is 283 g/mol. The van der Waals surface area contributed by atoms with Gasteiger partial charge in [0.15, 0.2) is 0 Å². The predicted octanol–water partition coefficient (Wildman–Crippen LogP) is 4.28. The lowest BCUT2D eigenvalue weighted by atomic mass is 10.1. The third-order valence-corrected chi connectivity index (χ3v) is 3.13. The van der Waals surface area contributed by atoms with E-state index >= 15 is 0 Å². The molecule has 0 atom stereocenters. The standard InChI is InChI=1S/C15H14F3NO2/c1-2-8-19-12(6-7-13(19)14(20)21)10-4-3-5-11(9-10)15(16,17)18/h3-7,9H,2,8H2,1H3,(H,20,21). The molecule has 0 aliphatic carbocycles. The van der Waals surface area contributed by atoms with Crippen LogP contribution in [0.5, 0.6) is 0 Å². The van der Waals surface area contributed by atoms with E-state index in [1.54, 1.807) is 6.07 Å². The normalized spacial score (nSPS) is 11.6. The molecule has 0 radical (unpaired) electrons. The van der Waals surface area contributed by atoms with E-state index in [4.69, 9.17) is 5.11 Å². The number of carbonyl (C=O) groups is 1. The molecule has 0 amide bonds. The maximum Gasteiger partial charge on any atom is 0.416 e. The van der Waals surface area contributed by atoms with Gasteiger partial charge >= 0.3 is 12.1 Å². The molecule has 1 heterocycles. The Morgan fingerprint density at radius 2 is 1.95 bits per heavy atom. The molecule has 112 valence electrons. The van der Waals surface area contributed by atoms with E-state index in [9.17, 15) is 18.0 Å². The molecule has 1 aromatic heterocycles. The van der Waals surface area contributed by atoms with Crippen molar-refractivity contribution >= 4 is 5.97 Å². The molecule has 3 nitrogen and oxygen atoms in total. The smallest absolute Gasteiger partial charge is 0.416 e. The van der Waals surface area contributed by atoms with E-state index in [1.165, 1.54) is 22.8 Å². The second kappa shape index (κ2) is 5.63. The lowest BCUT2D eigenvalue weighted by Gasteiger charge is -2.12. The molecule has 0 aliphatic rings. The van der Waals surface area contributed by atoms with Gasteiger partial charge in [0.1, 0.15) is 5.69 Å². The van der Waals surface area contributed by atoms with Gasteiger partial charge in [0.2, 0.25) is 0 Å². The van der Waals surface area contributed by atoms with Gasteiger partial charge in [-0.05, 0) is 36.2 Å². The van der Waals surface area contributed by atoms with Crippen LogP contribution in [0.3, 0.4) is 0 Å². The number of aromatic nitrogens is 1. The molecule has 0 bridgehead atoms. The highest BCUT2D eigenvalue weighted by atomic mass is 19.4. The van der Waals surface area contributed by atoms with E-state index in [-0.39, 0.29) is 5.69 Å². The number of rotatable bonds is 4. The Labute approximate surface area is 119 Å². The van der Waals surface area contributed by atoms with Gasteiger partial charge in [0.05, 0.1) is 5.56 Å². The van der Waals surface area contributed by atoms with Crippen LogP contribution in [0.1, 0.15) is 29.4 Å². The molecule has 6 heteroatoms. The van der Waals surface area contributed by atoms with Crippen molar-refractivity contribution in [2.45, 2.75) is 26.1 Å². The first-order chi connectivity index (χ1) is 9.84. The minimum absolute atomic E-state index is 0.0734. The van der Waals surface area contributed by atoms with Crippen LogP contribution in [0.25, 0.3) is 11.3 Å². The number of alkyl halides is 3. The molecule has 21 heavy (non-hydrogen) atoms. The lowest BCUT2D eigenvalue weighted by molar-refractivity contribution is -0.137. The van der Waals surface area contributed by atoms with E-state index in [0.717, 1.165) is 12.1 Å². The summed E-state index contributed by atoms with van der Waals surface area (Å²) in [4.78, 5) is 11.2. The summed E-state index contributed by atoms with van der Waals surface area (Å²) in [6.07, 6.45) is -3.74. The van der Waals surface area contributed by atoms with Crippen LogP contribution in [0.15, 0.2) is 36.4 Å². The van der Waals surface area contributed by atoms with E-state index in [2.05, 4.69) is 0 Å². The number of hydrogen-bond acceptors (Lipinski definition) is 1. The summed E-state index contributed by atoms with van der Waals surface area (Å²) in [5.41, 5.74) is 0.150. The number of halogens is 3. The summed E-state index contributed by atoms with van der Waals surface area (Å²) in [5.74, 6) is -1.10. The predicted molar refractivity (Wildman–Crippen MR) is 72.1 cm³/mol. The van der Waals surface area contributed by atoms with E-state index in [0.29, 0.717) is 24.2 Å². The zero-order chi connectivity index (χ0) is 15.6. The zero-order valence-electron chi connectivity index (χ0n) is 11.3. The number of hydrogen-bond donors (Lipinski definition) is 1. The van der Waals surface area contributed by atoms with Crippen molar-refractivity contribution in [1.29, 1.82) is 0 Å². The minimum Gasteiger partial charge on any atom is -0.477 e. The van der Waals surface area contributed by atoms with E-state index in [1.807, 2.05) is 6.92 Å². The van der Waals surface area contributed by atoms with Gasteiger partial charge in [-0.2, -0.15) is 13.2 Å². The van der Waals surface area contributed by atoms with Crippen molar-refractivity contribution in [1.82, 2.24) is 4.57 Å². The van der Waals surface area contributed by atoms with Crippen molar-refractivity contribution in [2.24, 2.45) is 0 Å². The second-order valence-electron chi connectivity index (χ2n) is 4.64. The number of aromatic carboxylic acids is 1. The Hall–Kier alpha value is -2.24. The molecule has 1 N–H and O–H groups in total. The van der Waals surface area contributed by atoms with Gasteiger partial charge in [0, 0.05) is 12.2 Å². The minimum atomic E-state index is -4.42. The molecule has 1 aromatic carbocycles. The summed E-state index contributed by atoms with van der Waals surface area (Å²) in [7, 11) is 0. The van der Waals surface area contributed by atoms with Crippen molar-refractivity contribution in [3.05, 3.63) is 47.7 Å². The molecule has 0 aliphatic heterocycles. The van der Waals surface area contributed by atoms with Crippen LogP contribution < -0.4 is 0 Å². The van der Waals surface area contributed by atoms with Gasteiger partial charge < -0.3 is 9.67 Å². The molecule has 0 fully saturated rings. The fraction of sp³-hybridized carbons (Fsp3) is 0.267. The molecule has 0 saturated heterocycles. The molecular formula is C15H14F3NO2. The zero-order valence-corrected chi connectivity index (χ0v) is 11.3. The van der Waals surface area contributed by atoms with Crippen LogP contribution >= 0.6 is 0 Å². The highest BCUT2D eigenvalue weighted by Gasteiger charge is 2.30. The van der Waals surface area contributed by atoms with Crippen LogP contribution in [0.4, 0.5) is 13.2 Å². The Morgan fingerprint density at radius 1 is 1.24 bits per heavy atom. The summed E-state index contributed by atoms with van der Waals surface area (Å²) in [6, 6.07) is 7.84. The number of carboxylic acid groups (broad SMARTS) is 1. The molecule has 0 spiro atoms. The van der Waals surface area contributed by atoms with Crippen LogP contribution in [-0.4, -0.2) is 15.6 Å². The largest absolute Gasteiger partial charge is 0.477 e. The SMILES string of the molecule is CCCn1c(C(=O)O)ccc1-c1cccc(C(F)(F)F)c1. The fourth-order valence-electron chi connectivity index (χ4n) is 2.23. The fourth-order valence-corrected chi connectivity index (χ4v) is 2.23. The highest BCUT2D eigenvalue weighted by molar-refractivity contribution is 5.87. The Bertz CT molecular complexity index is 659. The van der Waals surface area contributed by atoms with Gasteiger partial charge in [0.25, 0.3) is 0 Å². The average Bonchev–Trinajstić information content (AvgIpc) is 2.82. The Balaban J connectivity index is 2.54. The molecule has 0 unspecified atom stereocenters. The summed E-state index contributed by atoms with van der Waals surface area (Å²) in [6.45, 7) is 2.31. The van der Waals surface area contributed by atoms with Crippen LogP contribution in [0, 0.1) is 0 Å². The molecule has 0 saturated carbocycles. The van der Waals surface area contributed by atoms with Crippen molar-refractivity contribution < 1.29 is 23.1 Å². The summed E-state index contributed by atoms with van der Waals surface area (Å²) in [5, 5.41) is 9.14. The summed E-state index contributed by atoms with van der Waals surface area (Å²) >= 11 is 0. The Kier molecular flexibility index (Phi) is 4.06. The maximum absolute atomic E-state index is 12.8. The number of carboxylic acids is 1. The lowest BCUT2D eigenvalue weighted by Crippen LogP contribution is -2.10. The molecule has 2 aromatic rings. The van der Waals surface area contributed by atoms with Gasteiger partial charge in [-0.1, -0.05) is 19.1 Å². The first-order valence-corrected chi connectivity index (χ1v) is 6.45. The van der Waals surface area contributed by atoms with Gasteiger partial charge in [-0.3, -0.25) is 0 Å². The molecule has 2 rings (SSSR count). The highest BCUT2D eigenvalue weighted by Crippen LogP contribution is 2.32. The number of benzene rings is 1. The first-order valence-electron chi connectivity index (χ1n) is 6.45.